The Labute approximate surface area is 290 Å². The molecule has 1 aliphatic carbocycles. The SMILES string of the molecule is CC1(C)c2cc(-c3nnc(-c4cccc(-c5ccccn5)n4)s3)ccc2-c2ccc(-c3nnc(-c4cccc(-c5ccccn5)n4)s3)cc21. The molecule has 0 saturated carbocycles. The first kappa shape index (κ1) is 29.3. The smallest absolute Gasteiger partial charge is 0.166 e. The average Bonchev–Trinajstić information content (AvgIpc) is 3.91. The second kappa shape index (κ2) is 11.7. The van der Waals surface area contributed by atoms with Crippen LogP contribution in [0.5, 0.6) is 0 Å². The number of fused-ring (bicyclic) bond motifs is 3. The quantitative estimate of drug-likeness (QED) is 0.172. The van der Waals surface area contributed by atoms with Gasteiger partial charge in [-0.25, -0.2) is 9.97 Å². The molecule has 0 spiro atoms. The Morgan fingerprint density at radius 2 is 0.857 bits per heavy atom. The van der Waals surface area contributed by atoms with E-state index in [0.29, 0.717) is 0 Å². The molecule has 49 heavy (non-hydrogen) atoms. The van der Waals surface area contributed by atoms with Gasteiger partial charge < -0.3 is 0 Å². The normalized spacial score (nSPS) is 12.9. The lowest BCUT2D eigenvalue weighted by Gasteiger charge is -2.22. The van der Waals surface area contributed by atoms with Crippen molar-refractivity contribution in [2.45, 2.75) is 19.3 Å². The summed E-state index contributed by atoms with van der Waals surface area (Å²) in [5, 5.41) is 21.5. The van der Waals surface area contributed by atoms with Crippen molar-refractivity contribution < 1.29 is 0 Å². The monoisotopic (exact) mass is 670 g/mol. The molecule has 9 rings (SSSR count). The molecule has 0 radical (unpaired) electrons. The van der Waals surface area contributed by atoms with E-state index in [1.165, 1.54) is 22.3 Å². The molecule has 6 aromatic heterocycles. The van der Waals surface area contributed by atoms with Gasteiger partial charge in [0, 0.05) is 28.9 Å². The van der Waals surface area contributed by atoms with Gasteiger partial charge in [-0.05, 0) is 82.9 Å². The predicted molar refractivity (Wildman–Crippen MR) is 195 cm³/mol. The van der Waals surface area contributed by atoms with E-state index in [-0.39, 0.29) is 5.41 Å². The van der Waals surface area contributed by atoms with Crippen LogP contribution in [0.2, 0.25) is 0 Å². The van der Waals surface area contributed by atoms with Crippen molar-refractivity contribution >= 4 is 22.7 Å². The Morgan fingerprint density at radius 3 is 1.31 bits per heavy atom. The molecule has 0 fully saturated rings. The molecule has 0 atom stereocenters. The van der Waals surface area contributed by atoms with Crippen molar-refractivity contribution in [3.05, 3.63) is 133 Å². The van der Waals surface area contributed by atoms with Crippen LogP contribution in [-0.4, -0.2) is 40.3 Å². The van der Waals surface area contributed by atoms with E-state index in [4.69, 9.17) is 9.97 Å². The molecule has 0 amide bonds. The van der Waals surface area contributed by atoms with E-state index in [0.717, 1.165) is 65.3 Å². The third-order valence-electron chi connectivity index (χ3n) is 8.81. The molecule has 0 unspecified atom stereocenters. The Balaban J connectivity index is 0.999. The maximum absolute atomic E-state index is 4.83. The van der Waals surface area contributed by atoms with E-state index in [1.807, 2.05) is 72.8 Å². The minimum atomic E-state index is -0.227. The Kier molecular flexibility index (Phi) is 6.99. The first-order valence-corrected chi connectivity index (χ1v) is 17.4. The molecule has 6 heterocycles. The van der Waals surface area contributed by atoms with Gasteiger partial charge in [-0.15, -0.1) is 20.4 Å². The number of nitrogens with zero attached hydrogens (tertiary/aromatic N) is 8. The standard InChI is InChI=1S/C39H26N8S2/c1-39(2)27-21-23(35-44-46-37(48-35)33-13-7-11-31(42-33)29-9-3-5-19-40-29)15-17-25(27)26-18-16-24(22-28(26)39)36-45-47-38(49-36)34-14-8-12-32(43-34)30-10-4-6-20-41-30/h3-22H,1-2H3. The molecular weight excluding hydrogens is 645 g/mol. The third-order valence-corrected chi connectivity index (χ3v) is 10.8. The predicted octanol–water partition coefficient (Wildman–Crippen LogP) is 9.28. The number of pyridine rings is 4. The molecule has 2 aromatic carbocycles. The van der Waals surface area contributed by atoms with E-state index in [2.05, 4.69) is 80.6 Å². The summed E-state index contributed by atoms with van der Waals surface area (Å²) in [4.78, 5) is 18.5. The maximum Gasteiger partial charge on any atom is 0.166 e. The molecule has 0 N–H and O–H groups in total. The Bertz CT molecular complexity index is 2320. The molecule has 8 nitrogen and oxygen atoms in total. The second-order valence-corrected chi connectivity index (χ2v) is 14.2. The van der Waals surface area contributed by atoms with E-state index < -0.39 is 0 Å². The highest BCUT2D eigenvalue weighted by Crippen LogP contribution is 2.51. The first-order chi connectivity index (χ1) is 24.0. The summed E-state index contributed by atoms with van der Waals surface area (Å²) < 4.78 is 0. The Morgan fingerprint density at radius 1 is 0.429 bits per heavy atom. The van der Waals surface area contributed by atoms with Crippen molar-refractivity contribution in [2.75, 3.05) is 0 Å². The number of hydrogen-bond donors (Lipinski definition) is 0. The summed E-state index contributed by atoms with van der Waals surface area (Å²) in [6.07, 6.45) is 3.55. The van der Waals surface area contributed by atoms with Crippen molar-refractivity contribution in [3.8, 4) is 76.4 Å². The van der Waals surface area contributed by atoms with Gasteiger partial charge >= 0.3 is 0 Å². The average molecular weight is 671 g/mol. The van der Waals surface area contributed by atoms with Crippen LogP contribution in [0, 0.1) is 0 Å². The fraction of sp³-hybridized carbons (Fsp3) is 0.0769. The zero-order chi connectivity index (χ0) is 33.0. The summed E-state index contributed by atoms with van der Waals surface area (Å²) in [5.41, 5.74) is 11.7. The van der Waals surface area contributed by atoms with Crippen molar-refractivity contribution in [3.63, 3.8) is 0 Å². The van der Waals surface area contributed by atoms with E-state index in [9.17, 15) is 0 Å². The highest BCUT2D eigenvalue weighted by molar-refractivity contribution is 7.18. The van der Waals surface area contributed by atoms with Crippen LogP contribution < -0.4 is 0 Å². The maximum atomic E-state index is 4.83. The zero-order valence-electron chi connectivity index (χ0n) is 26.4. The van der Waals surface area contributed by atoms with Gasteiger partial charge in [-0.1, -0.05) is 85.1 Å². The van der Waals surface area contributed by atoms with E-state index >= 15 is 0 Å². The fourth-order valence-electron chi connectivity index (χ4n) is 6.31. The molecule has 234 valence electrons. The number of benzene rings is 2. The van der Waals surface area contributed by atoms with E-state index in [1.54, 1.807) is 35.1 Å². The van der Waals surface area contributed by atoms with Crippen molar-refractivity contribution in [2.24, 2.45) is 0 Å². The van der Waals surface area contributed by atoms with Crippen LogP contribution >= 0.6 is 22.7 Å². The molecule has 10 heteroatoms. The van der Waals surface area contributed by atoms with Gasteiger partial charge in [0.15, 0.2) is 10.0 Å². The molecule has 8 aromatic rings. The van der Waals surface area contributed by atoms with Crippen molar-refractivity contribution in [1.29, 1.82) is 0 Å². The summed E-state index contributed by atoms with van der Waals surface area (Å²) in [6.45, 7) is 4.56. The van der Waals surface area contributed by atoms with Crippen LogP contribution in [0.25, 0.3) is 76.4 Å². The van der Waals surface area contributed by atoms with Gasteiger partial charge in [-0.2, -0.15) is 0 Å². The third kappa shape index (κ3) is 5.22. The fourth-order valence-corrected chi connectivity index (χ4v) is 7.93. The summed E-state index contributed by atoms with van der Waals surface area (Å²) in [7, 11) is 0. The van der Waals surface area contributed by atoms with Crippen LogP contribution in [0.4, 0.5) is 0 Å². The minimum Gasteiger partial charge on any atom is -0.255 e. The van der Waals surface area contributed by atoms with Gasteiger partial charge in [0.2, 0.25) is 0 Å². The largest absolute Gasteiger partial charge is 0.255 e. The van der Waals surface area contributed by atoms with Gasteiger partial charge in [0.25, 0.3) is 0 Å². The molecule has 1 aliphatic rings. The number of hydrogen-bond acceptors (Lipinski definition) is 10. The zero-order valence-corrected chi connectivity index (χ0v) is 28.1. The highest BCUT2D eigenvalue weighted by Gasteiger charge is 2.36. The van der Waals surface area contributed by atoms with Crippen LogP contribution in [0.1, 0.15) is 25.0 Å². The Hall–Kier alpha value is -5.84. The number of aromatic nitrogens is 8. The van der Waals surface area contributed by atoms with Crippen LogP contribution in [0.15, 0.2) is 122 Å². The van der Waals surface area contributed by atoms with Crippen molar-refractivity contribution in [1.82, 2.24) is 40.3 Å². The highest BCUT2D eigenvalue weighted by atomic mass is 32.1. The van der Waals surface area contributed by atoms with Crippen LogP contribution in [0.3, 0.4) is 0 Å². The topological polar surface area (TPSA) is 103 Å². The number of rotatable bonds is 6. The molecule has 0 saturated heterocycles. The lowest BCUT2D eigenvalue weighted by molar-refractivity contribution is 0.661. The first-order valence-electron chi connectivity index (χ1n) is 15.8. The minimum absolute atomic E-state index is 0.227. The van der Waals surface area contributed by atoms with Gasteiger partial charge in [0.1, 0.15) is 21.4 Å². The lowest BCUT2D eigenvalue weighted by atomic mass is 9.81. The molecule has 0 aliphatic heterocycles. The summed E-state index contributed by atoms with van der Waals surface area (Å²) in [5.74, 6) is 0. The van der Waals surface area contributed by atoms with Gasteiger partial charge in [-0.3, -0.25) is 9.97 Å². The van der Waals surface area contributed by atoms with Crippen LogP contribution in [-0.2, 0) is 5.41 Å². The molecular formula is C39H26N8S2. The molecule has 0 bridgehead atoms. The van der Waals surface area contributed by atoms with Gasteiger partial charge in [0.05, 0.1) is 22.8 Å². The summed E-state index contributed by atoms with van der Waals surface area (Å²) in [6, 6.07) is 36.7. The summed E-state index contributed by atoms with van der Waals surface area (Å²) >= 11 is 3.09. The second-order valence-electron chi connectivity index (χ2n) is 12.2. The lowest BCUT2D eigenvalue weighted by Crippen LogP contribution is -2.15.